The fourth-order valence-corrected chi connectivity index (χ4v) is 4.16. The van der Waals surface area contributed by atoms with E-state index in [1.165, 1.54) is 11.1 Å². The molecule has 6 heteroatoms. The predicted molar refractivity (Wildman–Crippen MR) is 131 cm³/mol. The van der Waals surface area contributed by atoms with Crippen LogP contribution in [0.4, 0.5) is 5.95 Å². The minimum absolute atomic E-state index is 0.0714. The highest BCUT2D eigenvalue weighted by Crippen LogP contribution is 2.33. The molecule has 0 aliphatic carbocycles. The first-order chi connectivity index (χ1) is 16.2. The van der Waals surface area contributed by atoms with E-state index in [9.17, 15) is 0 Å². The SMILES string of the molecule is C=C=C(NO)c1cnc(N2CCN(C(=C=C)C(c3ccccc3)c3ccccc3)CC2)nc1. The van der Waals surface area contributed by atoms with Crippen LogP contribution in [0, 0.1) is 0 Å². The van der Waals surface area contributed by atoms with Gasteiger partial charge >= 0.3 is 0 Å². The molecule has 0 amide bonds. The summed E-state index contributed by atoms with van der Waals surface area (Å²) in [6.45, 7) is 10.8. The highest BCUT2D eigenvalue weighted by molar-refractivity contribution is 5.61. The average Bonchev–Trinajstić information content (AvgIpc) is 2.89. The Bertz CT molecular complexity index is 1120. The van der Waals surface area contributed by atoms with E-state index in [4.69, 9.17) is 5.21 Å². The van der Waals surface area contributed by atoms with Gasteiger partial charge in [-0.3, -0.25) is 10.7 Å². The van der Waals surface area contributed by atoms with Crippen LogP contribution in [0.3, 0.4) is 0 Å². The fraction of sp³-hybridized carbons (Fsp3) is 0.185. The lowest BCUT2D eigenvalue weighted by molar-refractivity contribution is 0.225. The van der Waals surface area contributed by atoms with Crippen LogP contribution in [-0.4, -0.2) is 46.3 Å². The van der Waals surface area contributed by atoms with Gasteiger partial charge in [-0.1, -0.05) is 73.8 Å². The summed E-state index contributed by atoms with van der Waals surface area (Å²) in [4.78, 5) is 13.4. The summed E-state index contributed by atoms with van der Waals surface area (Å²) in [7, 11) is 0. The van der Waals surface area contributed by atoms with Crippen LogP contribution in [0.15, 0.2) is 103 Å². The highest BCUT2D eigenvalue weighted by Gasteiger charge is 2.27. The maximum Gasteiger partial charge on any atom is 0.225 e. The smallest absolute Gasteiger partial charge is 0.225 e. The van der Waals surface area contributed by atoms with Crippen LogP contribution in [0.2, 0.25) is 0 Å². The maximum absolute atomic E-state index is 9.14. The molecule has 1 saturated heterocycles. The molecule has 0 unspecified atom stereocenters. The molecule has 166 valence electrons. The molecule has 1 aliphatic rings. The number of allylic oxidation sites excluding steroid dienone is 1. The molecule has 33 heavy (non-hydrogen) atoms. The normalized spacial score (nSPS) is 13.3. The second-order valence-corrected chi connectivity index (χ2v) is 7.73. The zero-order valence-corrected chi connectivity index (χ0v) is 18.5. The number of benzene rings is 2. The van der Waals surface area contributed by atoms with E-state index in [0.29, 0.717) is 17.2 Å². The Hall–Kier alpha value is -4.08. The quantitative estimate of drug-likeness (QED) is 0.427. The van der Waals surface area contributed by atoms with Crippen molar-refractivity contribution in [3.05, 3.63) is 120 Å². The molecule has 0 bridgehead atoms. The molecule has 3 aromatic rings. The van der Waals surface area contributed by atoms with E-state index in [0.717, 1.165) is 31.9 Å². The summed E-state index contributed by atoms with van der Waals surface area (Å²) >= 11 is 0. The molecule has 1 aliphatic heterocycles. The minimum atomic E-state index is 0.0714. The molecule has 2 aromatic carbocycles. The molecule has 0 atom stereocenters. The number of hydrogen-bond acceptors (Lipinski definition) is 6. The lowest BCUT2D eigenvalue weighted by Gasteiger charge is -2.39. The van der Waals surface area contributed by atoms with Gasteiger partial charge < -0.3 is 9.80 Å². The Morgan fingerprint density at radius 3 is 1.85 bits per heavy atom. The summed E-state index contributed by atoms with van der Waals surface area (Å²) in [6, 6.07) is 21.0. The van der Waals surface area contributed by atoms with Crippen molar-refractivity contribution >= 4 is 11.6 Å². The summed E-state index contributed by atoms with van der Waals surface area (Å²) in [5.41, 5.74) is 12.4. The molecule has 2 N–H and O–H groups in total. The van der Waals surface area contributed by atoms with Crippen molar-refractivity contribution in [1.82, 2.24) is 20.3 Å². The number of piperazine rings is 1. The van der Waals surface area contributed by atoms with E-state index in [2.05, 4.69) is 98.4 Å². The van der Waals surface area contributed by atoms with Crippen LogP contribution in [-0.2, 0) is 0 Å². The Morgan fingerprint density at radius 2 is 1.39 bits per heavy atom. The third-order valence-corrected chi connectivity index (χ3v) is 5.84. The van der Waals surface area contributed by atoms with Crippen molar-refractivity contribution in [3.8, 4) is 0 Å². The van der Waals surface area contributed by atoms with E-state index in [-0.39, 0.29) is 5.92 Å². The van der Waals surface area contributed by atoms with Crippen LogP contribution in [0.5, 0.6) is 0 Å². The van der Waals surface area contributed by atoms with E-state index >= 15 is 0 Å². The molecule has 0 radical (unpaired) electrons. The van der Waals surface area contributed by atoms with Gasteiger partial charge in [0.15, 0.2) is 0 Å². The van der Waals surface area contributed by atoms with Crippen molar-refractivity contribution in [2.75, 3.05) is 31.1 Å². The summed E-state index contributed by atoms with van der Waals surface area (Å²) in [5.74, 6) is 0.730. The van der Waals surface area contributed by atoms with Gasteiger partial charge in [-0.15, -0.1) is 11.5 Å². The second-order valence-electron chi connectivity index (χ2n) is 7.73. The Morgan fingerprint density at radius 1 is 0.848 bits per heavy atom. The molecule has 6 nitrogen and oxygen atoms in total. The van der Waals surface area contributed by atoms with Gasteiger partial charge in [0.2, 0.25) is 5.95 Å². The molecular weight excluding hydrogens is 410 g/mol. The first-order valence-corrected chi connectivity index (χ1v) is 10.9. The van der Waals surface area contributed by atoms with Crippen molar-refractivity contribution in [1.29, 1.82) is 0 Å². The lowest BCUT2D eigenvalue weighted by atomic mass is 9.87. The van der Waals surface area contributed by atoms with Crippen molar-refractivity contribution in [2.45, 2.75) is 5.92 Å². The Balaban J connectivity index is 1.52. The fourth-order valence-electron chi connectivity index (χ4n) is 4.16. The van der Waals surface area contributed by atoms with E-state index in [1.807, 2.05) is 12.1 Å². The van der Waals surface area contributed by atoms with E-state index in [1.54, 1.807) is 12.4 Å². The van der Waals surface area contributed by atoms with Gasteiger partial charge in [-0.2, -0.15) is 0 Å². The zero-order valence-electron chi connectivity index (χ0n) is 18.5. The minimum Gasteiger partial charge on any atom is -0.364 e. The Kier molecular flexibility index (Phi) is 7.03. The van der Waals surface area contributed by atoms with Gasteiger partial charge in [0.25, 0.3) is 0 Å². The first-order valence-electron chi connectivity index (χ1n) is 10.9. The maximum atomic E-state index is 9.14. The number of nitrogens with one attached hydrogen (secondary N) is 1. The molecule has 4 rings (SSSR count). The van der Waals surface area contributed by atoms with Crippen molar-refractivity contribution in [3.63, 3.8) is 0 Å². The topological polar surface area (TPSA) is 64.5 Å². The molecule has 0 saturated carbocycles. The van der Waals surface area contributed by atoms with Gasteiger partial charge in [0.05, 0.1) is 11.6 Å². The largest absolute Gasteiger partial charge is 0.364 e. The third kappa shape index (κ3) is 4.89. The van der Waals surface area contributed by atoms with Crippen LogP contribution >= 0.6 is 0 Å². The summed E-state index contributed by atoms with van der Waals surface area (Å²) in [6.07, 6.45) is 3.31. The first kappa shape index (κ1) is 22.1. The summed E-state index contributed by atoms with van der Waals surface area (Å²) in [5, 5.41) is 9.14. The number of hydroxylamine groups is 1. The number of aromatic nitrogens is 2. The standard InChI is InChI=1S/C27H27N5O/c1-3-24(30-33)23-19-28-27(29-20-23)32-17-15-31(16-18-32)25(4-2)26(21-11-7-5-8-12-21)22-13-9-6-10-14-22/h5-14,19-20,26,30,33H,1-2,15-18H2. The second kappa shape index (κ2) is 10.5. The number of hydrogen-bond donors (Lipinski definition) is 2. The lowest BCUT2D eigenvalue weighted by Crippen LogP contribution is -2.47. The van der Waals surface area contributed by atoms with Gasteiger partial charge in [0, 0.05) is 44.1 Å². The molecular formula is C27H27N5O. The van der Waals surface area contributed by atoms with E-state index < -0.39 is 0 Å². The summed E-state index contributed by atoms with van der Waals surface area (Å²) < 4.78 is 0. The molecule has 2 heterocycles. The van der Waals surface area contributed by atoms with Gasteiger partial charge in [0.1, 0.15) is 5.70 Å². The molecule has 1 aromatic heterocycles. The van der Waals surface area contributed by atoms with Crippen LogP contribution in [0.1, 0.15) is 22.6 Å². The van der Waals surface area contributed by atoms with Crippen LogP contribution in [0.25, 0.3) is 5.70 Å². The van der Waals surface area contributed by atoms with Gasteiger partial charge in [-0.25, -0.2) is 9.97 Å². The predicted octanol–water partition coefficient (Wildman–Crippen LogP) is 4.20. The average molecular weight is 438 g/mol. The monoisotopic (exact) mass is 437 g/mol. The number of anilines is 1. The highest BCUT2D eigenvalue weighted by atomic mass is 16.5. The number of rotatable bonds is 7. The third-order valence-electron chi connectivity index (χ3n) is 5.84. The number of nitrogens with zero attached hydrogens (tertiary/aromatic N) is 4. The van der Waals surface area contributed by atoms with Crippen LogP contribution < -0.4 is 10.4 Å². The Labute approximate surface area is 194 Å². The molecule has 0 spiro atoms. The van der Waals surface area contributed by atoms with Crippen molar-refractivity contribution < 1.29 is 5.21 Å². The zero-order chi connectivity index (χ0) is 23.0. The molecule has 1 fully saturated rings. The van der Waals surface area contributed by atoms with Crippen molar-refractivity contribution in [2.24, 2.45) is 0 Å². The van der Waals surface area contributed by atoms with Gasteiger partial charge in [-0.05, 0) is 11.1 Å².